The molecule has 5 rings (SSSR count). The lowest BCUT2D eigenvalue weighted by Gasteiger charge is -2.51. The van der Waals surface area contributed by atoms with Gasteiger partial charge in [-0.25, -0.2) is 0 Å². The second-order valence-electron chi connectivity index (χ2n) is 10.2. The third kappa shape index (κ3) is 3.72. The van der Waals surface area contributed by atoms with E-state index in [9.17, 15) is 4.79 Å². The number of hydrogen-bond acceptors (Lipinski definition) is 6. The lowest BCUT2D eigenvalue weighted by molar-refractivity contribution is -0.147. The van der Waals surface area contributed by atoms with Crippen LogP contribution >= 0.6 is 0 Å². The minimum absolute atomic E-state index is 0.0124. The molecule has 2 saturated heterocycles. The molecule has 2 saturated carbocycles. The predicted molar refractivity (Wildman–Crippen MR) is 116 cm³/mol. The fourth-order valence-corrected chi connectivity index (χ4v) is 6.72. The molecule has 2 heterocycles. The highest BCUT2D eigenvalue weighted by molar-refractivity contribution is 5.75. The maximum absolute atomic E-state index is 12.7. The standard InChI is InChI=1S/C25H35NO5/c1-24-8-4-9-25(15-30-25)22(24)12-17-18(23(27)31-21(17)13-24)14-26-10-7-16-5-6-19(28-2)20(11-16)29-3/h5-6,11,17-18,21-22,26H,4,7-10,12-15H2,1-3H3/t17-,18+,21-,22-,24-,25+/m1/s1. The van der Waals surface area contributed by atoms with Crippen molar-refractivity contribution in [2.75, 3.05) is 33.9 Å². The average molecular weight is 430 g/mol. The SMILES string of the molecule is COc1ccc(CCNC[C@@H]2C(=O)O[C@@H]3C[C@@]4(C)CCC[C@]5(CO5)[C@@H]4C[C@H]23)cc1OC. The maximum atomic E-state index is 12.7. The van der Waals surface area contributed by atoms with Gasteiger partial charge in [-0.15, -0.1) is 0 Å². The smallest absolute Gasteiger partial charge is 0.310 e. The second-order valence-corrected chi connectivity index (χ2v) is 10.2. The molecule has 4 fully saturated rings. The fourth-order valence-electron chi connectivity index (χ4n) is 6.72. The first kappa shape index (κ1) is 21.1. The molecule has 0 amide bonds. The second kappa shape index (κ2) is 7.96. The van der Waals surface area contributed by atoms with E-state index in [0.29, 0.717) is 18.4 Å². The summed E-state index contributed by atoms with van der Waals surface area (Å²) in [6, 6.07) is 6.01. The predicted octanol–water partition coefficient (Wildman–Crippen LogP) is 3.36. The van der Waals surface area contributed by atoms with Gasteiger partial charge in [0.25, 0.3) is 0 Å². The van der Waals surface area contributed by atoms with Crippen molar-refractivity contribution in [3.05, 3.63) is 23.8 Å². The van der Waals surface area contributed by atoms with Crippen LogP contribution in [-0.2, 0) is 20.7 Å². The van der Waals surface area contributed by atoms with Gasteiger partial charge in [-0.3, -0.25) is 4.79 Å². The number of carbonyl (C=O) groups is 1. The van der Waals surface area contributed by atoms with Crippen LogP contribution in [0.2, 0.25) is 0 Å². The lowest BCUT2D eigenvalue weighted by atomic mass is 9.53. The van der Waals surface area contributed by atoms with Crippen molar-refractivity contribution in [2.45, 2.75) is 57.2 Å². The van der Waals surface area contributed by atoms with Crippen molar-refractivity contribution in [1.82, 2.24) is 5.32 Å². The Balaban J connectivity index is 1.18. The van der Waals surface area contributed by atoms with Gasteiger partial charge in [0.15, 0.2) is 11.5 Å². The summed E-state index contributed by atoms with van der Waals surface area (Å²) in [6.45, 7) is 4.81. The molecular formula is C25H35NO5. The number of benzene rings is 1. The van der Waals surface area contributed by atoms with E-state index < -0.39 is 0 Å². The van der Waals surface area contributed by atoms with Crippen molar-refractivity contribution < 1.29 is 23.7 Å². The molecule has 1 N–H and O–H groups in total. The molecule has 31 heavy (non-hydrogen) atoms. The van der Waals surface area contributed by atoms with E-state index in [-0.39, 0.29) is 29.0 Å². The Bertz CT molecular complexity index is 837. The van der Waals surface area contributed by atoms with Gasteiger partial charge in [-0.1, -0.05) is 13.0 Å². The van der Waals surface area contributed by atoms with Crippen LogP contribution in [0.25, 0.3) is 0 Å². The molecule has 1 spiro atoms. The molecule has 1 aromatic carbocycles. The minimum atomic E-state index is -0.0438. The Hall–Kier alpha value is -1.79. The molecule has 0 radical (unpaired) electrons. The summed E-state index contributed by atoms with van der Waals surface area (Å²) < 4.78 is 22.6. The van der Waals surface area contributed by atoms with Gasteiger partial charge in [0.2, 0.25) is 0 Å². The summed E-state index contributed by atoms with van der Waals surface area (Å²) in [5.41, 5.74) is 1.54. The summed E-state index contributed by atoms with van der Waals surface area (Å²) in [4.78, 5) is 12.7. The van der Waals surface area contributed by atoms with E-state index >= 15 is 0 Å². The Labute approximate surface area is 185 Å². The summed E-state index contributed by atoms with van der Waals surface area (Å²) in [5.74, 6) is 2.32. The van der Waals surface area contributed by atoms with Crippen LogP contribution in [0, 0.1) is 23.2 Å². The third-order valence-electron chi connectivity index (χ3n) is 8.48. The summed E-state index contributed by atoms with van der Waals surface area (Å²) >= 11 is 0. The molecule has 0 aromatic heterocycles. The van der Waals surface area contributed by atoms with Crippen LogP contribution in [0.3, 0.4) is 0 Å². The number of hydrogen-bond donors (Lipinski definition) is 1. The normalized spacial score (nSPS) is 38.4. The molecule has 2 aliphatic carbocycles. The van der Waals surface area contributed by atoms with Gasteiger partial charge in [0.1, 0.15) is 6.10 Å². The monoisotopic (exact) mass is 429 g/mol. The molecule has 6 heteroatoms. The number of ether oxygens (including phenoxy) is 4. The fraction of sp³-hybridized carbons (Fsp3) is 0.720. The van der Waals surface area contributed by atoms with Crippen LogP contribution in [0.15, 0.2) is 18.2 Å². The van der Waals surface area contributed by atoms with E-state index in [1.165, 1.54) is 24.8 Å². The number of fused-ring (bicyclic) bond motifs is 3. The topological polar surface area (TPSA) is 69.3 Å². The van der Waals surface area contributed by atoms with Gasteiger partial charge in [0, 0.05) is 12.5 Å². The highest BCUT2D eigenvalue weighted by Gasteiger charge is 2.64. The zero-order valence-electron chi connectivity index (χ0n) is 18.9. The molecule has 2 aliphatic heterocycles. The quantitative estimate of drug-likeness (QED) is 0.407. The summed E-state index contributed by atoms with van der Waals surface area (Å²) in [6.07, 6.45) is 6.68. The van der Waals surface area contributed by atoms with Gasteiger partial charge in [-0.2, -0.15) is 0 Å². The van der Waals surface area contributed by atoms with E-state index in [1.807, 2.05) is 12.1 Å². The Morgan fingerprint density at radius 3 is 2.74 bits per heavy atom. The minimum Gasteiger partial charge on any atom is -0.493 e. The zero-order chi connectivity index (χ0) is 21.6. The number of nitrogens with one attached hydrogen (secondary N) is 1. The van der Waals surface area contributed by atoms with E-state index in [2.05, 4.69) is 18.3 Å². The Morgan fingerprint density at radius 2 is 2.00 bits per heavy atom. The maximum Gasteiger partial charge on any atom is 0.310 e. The first-order chi connectivity index (χ1) is 15.0. The van der Waals surface area contributed by atoms with Crippen LogP contribution in [0.1, 0.15) is 44.6 Å². The van der Waals surface area contributed by atoms with Crippen molar-refractivity contribution in [3.8, 4) is 11.5 Å². The third-order valence-corrected chi connectivity index (χ3v) is 8.48. The van der Waals surface area contributed by atoms with Gasteiger partial charge < -0.3 is 24.3 Å². The molecule has 6 atom stereocenters. The first-order valence-corrected chi connectivity index (χ1v) is 11.7. The number of carbonyl (C=O) groups excluding carboxylic acids is 1. The highest BCUT2D eigenvalue weighted by Crippen LogP contribution is 2.62. The highest BCUT2D eigenvalue weighted by atomic mass is 16.6. The van der Waals surface area contributed by atoms with E-state index in [4.69, 9.17) is 18.9 Å². The largest absolute Gasteiger partial charge is 0.493 e. The van der Waals surface area contributed by atoms with Gasteiger partial charge >= 0.3 is 5.97 Å². The van der Waals surface area contributed by atoms with Crippen LogP contribution < -0.4 is 14.8 Å². The Kier molecular flexibility index (Phi) is 5.41. The number of rotatable bonds is 7. The number of esters is 1. The van der Waals surface area contributed by atoms with Crippen LogP contribution in [0.4, 0.5) is 0 Å². The Morgan fingerprint density at radius 1 is 1.19 bits per heavy atom. The summed E-state index contributed by atoms with van der Waals surface area (Å²) in [5, 5.41) is 3.52. The molecule has 0 unspecified atom stereocenters. The van der Waals surface area contributed by atoms with E-state index in [1.54, 1.807) is 14.2 Å². The molecular weight excluding hydrogens is 394 g/mol. The summed E-state index contributed by atoms with van der Waals surface area (Å²) in [7, 11) is 3.30. The first-order valence-electron chi connectivity index (χ1n) is 11.7. The van der Waals surface area contributed by atoms with Crippen molar-refractivity contribution in [1.29, 1.82) is 0 Å². The van der Waals surface area contributed by atoms with Crippen molar-refractivity contribution >= 4 is 5.97 Å². The zero-order valence-corrected chi connectivity index (χ0v) is 18.9. The number of methoxy groups -OCH3 is 2. The van der Waals surface area contributed by atoms with E-state index in [0.717, 1.165) is 43.9 Å². The molecule has 170 valence electrons. The van der Waals surface area contributed by atoms with Gasteiger partial charge in [0.05, 0.1) is 32.3 Å². The molecule has 0 bridgehead atoms. The molecule has 1 aromatic rings. The molecule has 4 aliphatic rings. The lowest BCUT2D eigenvalue weighted by Crippen LogP contribution is -2.51. The average Bonchev–Trinajstić information content (AvgIpc) is 3.46. The van der Waals surface area contributed by atoms with Crippen molar-refractivity contribution in [2.24, 2.45) is 23.2 Å². The van der Waals surface area contributed by atoms with Crippen molar-refractivity contribution in [3.63, 3.8) is 0 Å². The van der Waals surface area contributed by atoms with Crippen LogP contribution in [0.5, 0.6) is 11.5 Å². The molecule has 6 nitrogen and oxygen atoms in total. The van der Waals surface area contributed by atoms with Crippen LogP contribution in [-0.4, -0.2) is 51.6 Å². The number of epoxide rings is 1. The van der Waals surface area contributed by atoms with Gasteiger partial charge in [-0.05, 0) is 74.1 Å².